The van der Waals surface area contributed by atoms with E-state index in [0.717, 1.165) is 44.0 Å². The van der Waals surface area contributed by atoms with Gasteiger partial charge in [0, 0.05) is 12.2 Å². The first-order valence-corrected chi connectivity index (χ1v) is 9.00. The van der Waals surface area contributed by atoms with Crippen LogP contribution in [0.3, 0.4) is 0 Å². The monoisotopic (exact) mass is 347 g/mol. The van der Waals surface area contributed by atoms with Gasteiger partial charge in [-0.2, -0.15) is 0 Å². The third kappa shape index (κ3) is 4.33. The summed E-state index contributed by atoms with van der Waals surface area (Å²) in [6, 6.07) is 2.06. The van der Waals surface area contributed by atoms with E-state index < -0.39 is 0 Å². The number of hydrogen-bond acceptors (Lipinski definition) is 7. The standard InChI is InChI=1S/C16H21N5O2S/c17-9-10-2-1-3-11(5-4-10)19-15-18-7-6-12(20-15)8-13-14(22)21-16(23)24-13/h6-8,10-11H,1-5,9,17H2,(H,18,19,20)(H,21,22,23)/b13-8-/t10-,11-/m0/s1. The summed E-state index contributed by atoms with van der Waals surface area (Å²) in [7, 11) is 0. The summed E-state index contributed by atoms with van der Waals surface area (Å²) in [6.45, 7) is 0.755. The molecule has 0 radical (unpaired) electrons. The van der Waals surface area contributed by atoms with E-state index in [2.05, 4.69) is 20.6 Å². The number of rotatable bonds is 4. The normalized spacial score (nSPS) is 26.3. The van der Waals surface area contributed by atoms with Crippen LogP contribution in [0.1, 0.15) is 37.8 Å². The van der Waals surface area contributed by atoms with Crippen LogP contribution >= 0.6 is 11.8 Å². The van der Waals surface area contributed by atoms with E-state index in [1.807, 2.05) is 0 Å². The van der Waals surface area contributed by atoms with E-state index in [1.54, 1.807) is 18.3 Å². The molecule has 128 valence electrons. The quantitative estimate of drug-likeness (QED) is 0.565. The van der Waals surface area contributed by atoms with Crippen molar-refractivity contribution in [2.24, 2.45) is 11.7 Å². The Hall–Kier alpha value is -1.93. The molecule has 1 aromatic heterocycles. The number of carbonyl (C=O) groups excluding carboxylic acids is 2. The molecule has 7 nitrogen and oxygen atoms in total. The maximum absolute atomic E-state index is 11.6. The lowest BCUT2D eigenvalue weighted by atomic mass is 10.0. The van der Waals surface area contributed by atoms with Crippen LogP contribution in [0.5, 0.6) is 0 Å². The summed E-state index contributed by atoms with van der Waals surface area (Å²) < 4.78 is 0. The Labute approximate surface area is 144 Å². The van der Waals surface area contributed by atoms with Gasteiger partial charge in [0.05, 0.1) is 10.6 Å². The van der Waals surface area contributed by atoms with Crippen molar-refractivity contribution in [3.05, 3.63) is 22.9 Å². The molecule has 2 heterocycles. The maximum Gasteiger partial charge on any atom is 0.290 e. The van der Waals surface area contributed by atoms with Crippen LogP contribution in [-0.4, -0.2) is 33.7 Å². The van der Waals surface area contributed by atoms with Gasteiger partial charge in [0.2, 0.25) is 5.95 Å². The molecule has 0 unspecified atom stereocenters. The molecule has 2 fully saturated rings. The van der Waals surface area contributed by atoms with E-state index in [0.29, 0.717) is 28.5 Å². The van der Waals surface area contributed by atoms with Gasteiger partial charge in [-0.25, -0.2) is 9.97 Å². The summed E-state index contributed by atoms with van der Waals surface area (Å²) in [5, 5.41) is 5.26. The highest BCUT2D eigenvalue weighted by molar-refractivity contribution is 8.18. The molecule has 0 bridgehead atoms. The number of nitrogens with one attached hydrogen (secondary N) is 2. The zero-order valence-electron chi connectivity index (χ0n) is 13.3. The van der Waals surface area contributed by atoms with Crippen LogP contribution in [-0.2, 0) is 4.79 Å². The van der Waals surface area contributed by atoms with Crippen molar-refractivity contribution in [1.82, 2.24) is 15.3 Å². The molecular formula is C16H21N5O2S. The van der Waals surface area contributed by atoms with Crippen LogP contribution in [0.2, 0.25) is 0 Å². The molecule has 3 rings (SSSR count). The zero-order valence-corrected chi connectivity index (χ0v) is 14.1. The number of anilines is 1. The van der Waals surface area contributed by atoms with Gasteiger partial charge in [-0.3, -0.25) is 14.9 Å². The van der Waals surface area contributed by atoms with Gasteiger partial charge in [0.15, 0.2) is 0 Å². The van der Waals surface area contributed by atoms with E-state index in [1.165, 1.54) is 6.42 Å². The predicted molar refractivity (Wildman–Crippen MR) is 94.2 cm³/mol. The van der Waals surface area contributed by atoms with Crippen LogP contribution in [0.25, 0.3) is 6.08 Å². The fourth-order valence-electron chi connectivity index (χ4n) is 3.02. The first-order chi connectivity index (χ1) is 11.6. The van der Waals surface area contributed by atoms with Gasteiger partial charge in [-0.1, -0.05) is 6.42 Å². The van der Waals surface area contributed by atoms with Crippen LogP contribution in [0.4, 0.5) is 10.7 Å². The van der Waals surface area contributed by atoms with Gasteiger partial charge < -0.3 is 11.1 Å². The summed E-state index contributed by atoms with van der Waals surface area (Å²) in [4.78, 5) is 31.8. The smallest absolute Gasteiger partial charge is 0.290 e. The number of hydrogen-bond donors (Lipinski definition) is 3. The van der Waals surface area contributed by atoms with Gasteiger partial charge in [-0.15, -0.1) is 0 Å². The molecule has 1 aliphatic heterocycles. The molecule has 0 aromatic carbocycles. The Balaban J connectivity index is 1.66. The number of amides is 2. The molecule has 0 spiro atoms. The summed E-state index contributed by atoms with van der Waals surface area (Å²) in [6.07, 6.45) is 8.86. The lowest BCUT2D eigenvalue weighted by Crippen LogP contribution is -2.21. The molecule has 1 saturated carbocycles. The fourth-order valence-corrected chi connectivity index (χ4v) is 3.69. The average molecular weight is 347 g/mol. The van der Waals surface area contributed by atoms with Crippen molar-refractivity contribution in [3.8, 4) is 0 Å². The molecule has 2 amide bonds. The van der Waals surface area contributed by atoms with Crippen molar-refractivity contribution < 1.29 is 9.59 Å². The Bertz CT molecular complexity index is 664. The van der Waals surface area contributed by atoms with Gasteiger partial charge in [0.1, 0.15) is 0 Å². The number of nitrogens with zero attached hydrogens (tertiary/aromatic N) is 2. The molecule has 8 heteroatoms. The van der Waals surface area contributed by atoms with E-state index >= 15 is 0 Å². The van der Waals surface area contributed by atoms with E-state index in [4.69, 9.17) is 5.73 Å². The molecule has 1 aromatic rings. The molecular weight excluding hydrogens is 326 g/mol. The van der Waals surface area contributed by atoms with Crippen molar-refractivity contribution in [3.63, 3.8) is 0 Å². The minimum absolute atomic E-state index is 0.343. The third-order valence-electron chi connectivity index (χ3n) is 4.35. The lowest BCUT2D eigenvalue weighted by Gasteiger charge is -2.16. The number of imide groups is 1. The Morgan fingerprint density at radius 1 is 1.33 bits per heavy atom. The first-order valence-electron chi connectivity index (χ1n) is 8.18. The molecule has 24 heavy (non-hydrogen) atoms. The topological polar surface area (TPSA) is 110 Å². The van der Waals surface area contributed by atoms with Crippen LogP contribution < -0.4 is 16.4 Å². The second kappa shape index (κ2) is 7.76. The van der Waals surface area contributed by atoms with E-state index in [-0.39, 0.29) is 11.1 Å². The van der Waals surface area contributed by atoms with Crippen molar-refractivity contribution >= 4 is 34.9 Å². The number of nitrogens with two attached hydrogens (primary N) is 1. The van der Waals surface area contributed by atoms with Crippen LogP contribution in [0, 0.1) is 5.92 Å². The zero-order chi connectivity index (χ0) is 16.9. The molecule has 1 aliphatic carbocycles. The molecule has 4 N–H and O–H groups in total. The maximum atomic E-state index is 11.6. The molecule has 2 aliphatic rings. The summed E-state index contributed by atoms with van der Waals surface area (Å²) >= 11 is 0.884. The Morgan fingerprint density at radius 2 is 2.21 bits per heavy atom. The van der Waals surface area contributed by atoms with Gasteiger partial charge in [-0.05, 0) is 62.1 Å². The van der Waals surface area contributed by atoms with Crippen molar-refractivity contribution in [2.75, 3.05) is 11.9 Å². The fraction of sp³-hybridized carbons (Fsp3) is 0.500. The minimum atomic E-state index is -0.380. The summed E-state index contributed by atoms with van der Waals surface area (Å²) in [5.74, 6) is 0.786. The van der Waals surface area contributed by atoms with Crippen molar-refractivity contribution in [2.45, 2.75) is 38.1 Å². The SMILES string of the molecule is NC[C@H]1CCC[C@H](Nc2nccc(/C=C3\SC(=O)NC3=O)n2)CC1. The van der Waals surface area contributed by atoms with E-state index in [9.17, 15) is 9.59 Å². The largest absolute Gasteiger partial charge is 0.351 e. The molecule has 2 atom stereocenters. The highest BCUT2D eigenvalue weighted by atomic mass is 32.2. The number of carbonyl (C=O) groups is 2. The first kappa shape index (κ1) is 16.9. The highest BCUT2D eigenvalue weighted by Gasteiger charge is 2.25. The van der Waals surface area contributed by atoms with Gasteiger partial charge >= 0.3 is 0 Å². The number of thioether (sulfide) groups is 1. The summed E-state index contributed by atoms with van der Waals surface area (Å²) in [5.41, 5.74) is 6.38. The second-order valence-electron chi connectivity index (χ2n) is 6.11. The average Bonchev–Trinajstić information content (AvgIpc) is 2.75. The van der Waals surface area contributed by atoms with Crippen LogP contribution in [0.15, 0.2) is 17.2 Å². The predicted octanol–water partition coefficient (Wildman–Crippen LogP) is 2.12. The second-order valence-corrected chi connectivity index (χ2v) is 7.12. The third-order valence-corrected chi connectivity index (χ3v) is 5.16. The lowest BCUT2D eigenvalue weighted by molar-refractivity contribution is -0.115. The molecule has 1 saturated heterocycles. The minimum Gasteiger partial charge on any atom is -0.351 e. The number of aromatic nitrogens is 2. The van der Waals surface area contributed by atoms with Crippen molar-refractivity contribution in [1.29, 1.82) is 0 Å². The highest BCUT2D eigenvalue weighted by Crippen LogP contribution is 2.26. The van der Waals surface area contributed by atoms with Gasteiger partial charge in [0.25, 0.3) is 11.1 Å². The Morgan fingerprint density at radius 3 is 2.96 bits per heavy atom. The Kier molecular flexibility index (Phi) is 5.47.